The Balaban J connectivity index is 2.03. The summed E-state index contributed by atoms with van der Waals surface area (Å²) in [5.74, 6) is -0.370. The van der Waals surface area contributed by atoms with Crippen LogP contribution in [0.15, 0.2) is 48.5 Å². The molecule has 0 aliphatic rings. The summed E-state index contributed by atoms with van der Waals surface area (Å²) in [6.45, 7) is 7.24. The van der Waals surface area contributed by atoms with Crippen LogP contribution in [0.1, 0.15) is 37.9 Å². The molecule has 2 rings (SSSR count). The van der Waals surface area contributed by atoms with Gasteiger partial charge >= 0.3 is 0 Å². The summed E-state index contributed by atoms with van der Waals surface area (Å²) < 4.78 is 13.5. The van der Waals surface area contributed by atoms with Gasteiger partial charge in [0.1, 0.15) is 5.82 Å². The molecule has 2 aromatic rings. The van der Waals surface area contributed by atoms with Gasteiger partial charge in [0.2, 0.25) is 0 Å². The topological polar surface area (TPSA) is 12.0 Å². The molecule has 1 atom stereocenters. The first kappa shape index (κ1) is 16.0. The summed E-state index contributed by atoms with van der Waals surface area (Å²) in [5, 5.41) is 3.64. The molecule has 0 bridgehead atoms. The Morgan fingerprint density at radius 3 is 2.43 bits per heavy atom. The van der Waals surface area contributed by atoms with Crippen LogP contribution in [0.4, 0.5) is 4.39 Å². The second-order valence-electron chi connectivity index (χ2n) is 6.03. The Hall–Kier alpha value is -1.38. The van der Waals surface area contributed by atoms with Crippen LogP contribution in [0.2, 0.25) is 5.02 Å². The minimum atomic E-state index is -0.370. The lowest BCUT2D eigenvalue weighted by molar-refractivity contribution is 0.434. The molecule has 2 aromatic carbocycles. The van der Waals surface area contributed by atoms with Gasteiger partial charge < -0.3 is 5.32 Å². The van der Waals surface area contributed by atoms with Gasteiger partial charge in [-0.15, -0.1) is 0 Å². The van der Waals surface area contributed by atoms with Gasteiger partial charge in [-0.2, -0.15) is 0 Å². The summed E-state index contributed by atoms with van der Waals surface area (Å²) in [4.78, 5) is 0. The van der Waals surface area contributed by atoms with E-state index in [0.29, 0.717) is 0 Å². The average Bonchev–Trinajstić information content (AvgIpc) is 2.48. The van der Waals surface area contributed by atoms with E-state index < -0.39 is 0 Å². The predicted molar refractivity (Wildman–Crippen MR) is 87.3 cm³/mol. The molecule has 0 aliphatic heterocycles. The maximum Gasteiger partial charge on any atom is 0.142 e. The number of nitrogens with one attached hydrogen (secondary N) is 1. The SMILES string of the molecule is CC(NCC(C)(C)c1ccccc1)c1ccc(Cl)c(F)c1. The molecule has 0 saturated heterocycles. The van der Waals surface area contributed by atoms with E-state index in [1.54, 1.807) is 6.07 Å². The molecule has 0 aliphatic carbocycles. The smallest absolute Gasteiger partial charge is 0.142 e. The fraction of sp³-hybridized carbons (Fsp3) is 0.333. The van der Waals surface area contributed by atoms with Crippen molar-refractivity contribution < 1.29 is 4.39 Å². The summed E-state index contributed by atoms with van der Waals surface area (Å²) in [6, 6.07) is 15.4. The van der Waals surface area contributed by atoms with E-state index >= 15 is 0 Å². The van der Waals surface area contributed by atoms with Crippen LogP contribution in [0.5, 0.6) is 0 Å². The first-order valence-corrected chi connectivity index (χ1v) is 7.52. The third-order valence-corrected chi connectivity index (χ3v) is 4.16. The molecule has 0 aromatic heterocycles. The maximum absolute atomic E-state index is 13.5. The van der Waals surface area contributed by atoms with Crippen LogP contribution >= 0.6 is 11.6 Å². The van der Waals surface area contributed by atoms with Gasteiger partial charge in [0.05, 0.1) is 5.02 Å². The van der Waals surface area contributed by atoms with Crippen LogP contribution in [0.25, 0.3) is 0 Å². The van der Waals surface area contributed by atoms with Crippen LogP contribution in [-0.4, -0.2) is 6.54 Å². The van der Waals surface area contributed by atoms with E-state index in [1.807, 2.05) is 19.1 Å². The highest BCUT2D eigenvalue weighted by Gasteiger charge is 2.21. The molecule has 112 valence electrons. The fourth-order valence-corrected chi connectivity index (χ4v) is 2.42. The van der Waals surface area contributed by atoms with Gasteiger partial charge in [0.25, 0.3) is 0 Å². The zero-order valence-electron chi connectivity index (χ0n) is 12.7. The molecular weight excluding hydrogens is 285 g/mol. The summed E-state index contributed by atoms with van der Waals surface area (Å²) in [5.41, 5.74) is 2.20. The zero-order chi connectivity index (χ0) is 15.5. The van der Waals surface area contributed by atoms with Crippen molar-refractivity contribution in [3.63, 3.8) is 0 Å². The molecule has 1 nitrogen and oxygen atoms in total. The Labute approximate surface area is 131 Å². The fourth-order valence-electron chi connectivity index (χ4n) is 2.30. The van der Waals surface area contributed by atoms with Gasteiger partial charge in [0, 0.05) is 18.0 Å². The predicted octanol–water partition coefficient (Wildman–Crippen LogP) is 5.11. The molecule has 0 saturated carbocycles. The van der Waals surface area contributed by atoms with Gasteiger partial charge in [-0.3, -0.25) is 0 Å². The quantitative estimate of drug-likeness (QED) is 0.809. The highest BCUT2D eigenvalue weighted by atomic mass is 35.5. The zero-order valence-corrected chi connectivity index (χ0v) is 13.4. The highest BCUT2D eigenvalue weighted by Crippen LogP contribution is 2.24. The molecule has 0 spiro atoms. The normalized spacial score (nSPS) is 13.2. The van der Waals surface area contributed by atoms with Gasteiger partial charge in [-0.25, -0.2) is 4.39 Å². The van der Waals surface area contributed by atoms with Crippen molar-refractivity contribution in [3.05, 3.63) is 70.5 Å². The number of hydrogen-bond acceptors (Lipinski definition) is 1. The second kappa shape index (κ2) is 6.59. The van der Waals surface area contributed by atoms with Gasteiger partial charge in [0.15, 0.2) is 0 Å². The molecule has 3 heteroatoms. The highest BCUT2D eigenvalue weighted by molar-refractivity contribution is 6.30. The summed E-state index contributed by atoms with van der Waals surface area (Å²) >= 11 is 5.72. The number of halogens is 2. The minimum Gasteiger partial charge on any atom is -0.309 e. The standard InChI is InChI=1S/C18H21ClFN/c1-13(14-9-10-16(19)17(20)11-14)21-12-18(2,3)15-7-5-4-6-8-15/h4-11,13,21H,12H2,1-3H3. The molecule has 0 amide bonds. The van der Waals surface area contributed by atoms with E-state index in [2.05, 4.69) is 43.4 Å². The Bertz CT molecular complexity index is 595. The molecule has 0 fully saturated rings. The first-order chi connectivity index (χ1) is 9.90. The Kier molecular flexibility index (Phi) is 5.02. The van der Waals surface area contributed by atoms with Crippen LogP contribution in [0.3, 0.4) is 0 Å². The molecule has 21 heavy (non-hydrogen) atoms. The molecule has 1 N–H and O–H groups in total. The van der Waals surface area contributed by atoms with Crippen molar-refractivity contribution in [2.24, 2.45) is 0 Å². The van der Waals surface area contributed by atoms with Crippen molar-refractivity contribution in [1.82, 2.24) is 5.32 Å². The maximum atomic E-state index is 13.5. The second-order valence-corrected chi connectivity index (χ2v) is 6.43. The lowest BCUT2D eigenvalue weighted by atomic mass is 9.84. The van der Waals surface area contributed by atoms with Crippen LogP contribution in [0, 0.1) is 5.82 Å². The van der Waals surface area contributed by atoms with Crippen molar-refractivity contribution in [3.8, 4) is 0 Å². The molecule has 0 radical (unpaired) electrons. The molecule has 0 heterocycles. The van der Waals surface area contributed by atoms with Crippen molar-refractivity contribution in [2.75, 3.05) is 6.54 Å². The summed E-state index contributed by atoms with van der Waals surface area (Å²) in [7, 11) is 0. The van der Waals surface area contributed by atoms with Crippen molar-refractivity contribution >= 4 is 11.6 Å². The average molecular weight is 306 g/mol. The third-order valence-electron chi connectivity index (χ3n) is 3.85. The molecular formula is C18H21ClFN. The van der Waals surface area contributed by atoms with E-state index in [4.69, 9.17) is 11.6 Å². The largest absolute Gasteiger partial charge is 0.309 e. The molecule has 1 unspecified atom stereocenters. The van der Waals surface area contributed by atoms with Crippen LogP contribution in [-0.2, 0) is 5.41 Å². The van der Waals surface area contributed by atoms with Crippen molar-refractivity contribution in [2.45, 2.75) is 32.2 Å². The minimum absolute atomic E-state index is 0.0144. The van der Waals surface area contributed by atoms with Crippen LogP contribution < -0.4 is 5.32 Å². The van der Waals surface area contributed by atoms with E-state index in [9.17, 15) is 4.39 Å². The number of hydrogen-bond donors (Lipinski definition) is 1. The number of rotatable bonds is 5. The van der Waals surface area contributed by atoms with E-state index in [-0.39, 0.29) is 22.3 Å². The Morgan fingerprint density at radius 2 is 1.81 bits per heavy atom. The van der Waals surface area contributed by atoms with Gasteiger partial charge in [-0.1, -0.05) is 61.8 Å². The number of benzene rings is 2. The Morgan fingerprint density at radius 1 is 1.14 bits per heavy atom. The summed E-state index contributed by atoms with van der Waals surface area (Å²) in [6.07, 6.45) is 0. The van der Waals surface area contributed by atoms with Crippen molar-refractivity contribution in [1.29, 1.82) is 0 Å². The third kappa shape index (κ3) is 4.05. The van der Waals surface area contributed by atoms with Gasteiger partial charge in [-0.05, 0) is 30.2 Å². The van der Waals surface area contributed by atoms with E-state index in [1.165, 1.54) is 11.6 Å². The monoisotopic (exact) mass is 305 g/mol. The first-order valence-electron chi connectivity index (χ1n) is 7.14. The lowest BCUT2D eigenvalue weighted by Gasteiger charge is -2.28. The lowest BCUT2D eigenvalue weighted by Crippen LogP contribution is -2.34. The van der Waals surface area contributed by atoms with E-state index in [0.717, 1.165) is 12.1 Å².